The van der Waals surface area contributed by atoms with Crippen molar-refractivity contribution in [2.45, 2.75) is 6.18 Å². The first-order chi connectivity index (χ1) is 13.8. The molecule has 0 unspecified atom stereocenters. The van der Waals surface area contributed by atoms with Crippen LogP contribution >= 0.6 is 0 Å². The Balaban J connectivity index is 1.63. The molecule has 0 aliphatic rings. The summed E-state index contributed by atoms with van der Waals surface area (Å²) in [6.45, 7) is 0. The molecule has 3 aromatic heterocycles. The van der Waals surface area contributed by atoms with E-state index in [1.54, 1.807) is 24.4 Å². The number of amides is 1. The number of pyridine rings is 2. The summed E-state index contributed by atoms with van der Waals surface area (Å²) in [5, 5.41) is 9.76. The third-order valence-electron chi connectivity index (χ3n) is 4.20. The maximum Gasteiger partial charge on any atom is 0.417 e. The Morgan fingerprint density at radius 3 is 2.55 bits per heavy atom. The highest BCUT2D eigenvalue weighted by atomic mass is 19.4. The van der Waals surface area contributed by atoms with Crippen LogP contribution < -0.4 is 11.1 Å². The van der Waals surface area contributed by atoms with E-state index in [4.69, 9.17) is 5.73 Å². The molecule has 0 aliphatic heterocycles. The van der Waals surface area contributed by atoms with Gasteiger partial charge in [-0.3, -0.25) is 14.9 Å². The molecule has 0 atom stereocenters. The molecule has 146 valence electrons. The maximum atomic E-state index is 12.6. The van der Waals surface area contributed by atoms with Gasteiger partial charge in [-0.2, -0.15) is 18.3 Å². The fourth-order valence-electron chi connectivity index (χ4n) is 2.79. The van der Waals surface area contributed by atoms with Crippen molar-refractivity contribution >= 4 is 28.3 Å². The largest absolute Gasteiger partial charge is 0.417 e. The minimum atomic E-state index is -4.50. The highest BCUT2D eigenvalue weighted by Gasteiger charge is 2.30. The average Bonchev–Trinajstić information content (AvgIpc) is 3.11. The number of hydrogen-bond acceptors (Lipinski definition) is 5. The summed E-state index contributed by atoms with van der Waals surface area (Å²) in [5.41, 5.74) is 7.62. The van der Waals surface area contributed by atoms with Gasteiger partial charge in [0.15, 0.2) is 5.69 Å². The number of aromatic amines is 1. The summed E-state index contributed by atoms with van der Waals surface area (Å²) in [4.78, 5) is 20.3. The fraction of sp³-hybridized carbons (Fsp3) is 0.0526. The number of rotatable bonds is 3. The minimum Gasteiger partial charge on any atom is -0.397 e. The van der Waals surface area contributed by atoms with Crippen LogP contribution in [0.2, 0.25) is 0 Å². The smallest absolute Gasteiger partial charge is 0.397 e. The minimum absolute atomic E-state index is 0.0182. The molecule has 29 heavy (non-hydrogen) atoms. The number of aromatic nitrogens is 4. The van der Waals surface area contributed by atoms with Crippen LogP contribution in [0.1, 0.15) is 16.1 Å². The SMILES string of the molecule is Nc1cncc(-c2ccc3[nH]nc(C(=O)Nc4ccc(C(F)(F)F)cn4)c3c2)c1. The number of anilines is 2. The highest BCUT2D eigenvalue weighted by molar-refractivity contribution is 6.11. The lowest BCUT2D eigenvalue weighted by atomic mass is 10.0. The molecule has 0 bridgehead atoms. The van der Waals surface area contributed by atoms with E-state index in [0.717, 1.165) is 23.3 Å². The number of nitrogens with one attached hydrogen (secondary N) is 2. The Labute approximate surface area is 161 Å². The summed E-state index contributed by atoms with van der Waals surface area (Å²) in [6.07, 6.45) is -0.678. The molecule has 0 spiro atoms. The van der Waals surface area contributed by atoms with Crippen LogP contribution in [0, 0.1) is 0 Å². The lowest BCUT2D eigenvalue weighted by Crippen LogP contribution is -2.14. The summed E-state index contributed by atoms with van der Waals surface area (Å²) in [6, 6.07) is 9.02. The number of carbonyl (C=O) groups excluding carboxylic acids is 1. The predicted octanol–water partition coefficient (Wildman–Crippen LogP) is 3.87. The van der Waals surface area contributed by atoms with E-state index in [-0.39, 0.29) is 11.5 Å². The van der Waals surface area contributed by atoms with E-state index in [1.165, 1.54) is 6.20 Å². The summed E-state index contributed by atoms with van der Waals surface area (Å²) >= 11 is 0. The van der Waals surface area contributed by atoms with Gasteiger partial charge in [0.05, 0.1) is 16.8 Å². The molecule has 3 heterocycles. The molecule has 0 aliphatic carbocycles. The van der Waals surface area contributed by atoms with Crippen LogP contribution in [-0.4, -0.2) is 26.1 Å². The molecule has 4 aromatic rings. The lowest BCUT2D eigenvalue weighted by molar-refractivity contribution is -0.137. The van der Waals surface area contributed by atoms with Gasteiger partial charge in [-0.25, -0.2) is 4.98 Å². The van der Waals surface area contributed by atoms with Gasteiger partial charge in [0.2, 0.25) is 0 Å². The average molecular weight is 398 g/mol. The number of benzene rings is 1. The van der Waals surface area contributed by atoms with E-state index in [1.807, 2.05) is 6.07 Å². The molecule has 10 heteroatoms. The number of carbonyl (C=O) groups is 1. The quantitative estimate of drug-likeness (QED) is 0.485. The highest BCUT2D eigenvalue weighted by Crippen LogP contribution is 2.29. The summed E-state index contributed by atoms with van der Waals surface area (Å²) in [5.74, 6) is -0.623. The number of H-pyrrole nitrogens is 1. The molecule has 0 saturated heterocycles. The Bertz CT molecular complexity index is 1200. The Hall–Kier alpha value is -3.95. The first-order valence-electron chi connectivity index (χ1n) is 8.35. The van der Waals surface area contributed by atoms with E-state index in [2.05, 4.69) is 25.5 Å². The van der Waals surface area contributed by atoms with Gasteiger partial charge >= 0.3 is 6.18 Å². The lowest BCUT2D eigenvalue weighted by Gasteiger charge is -2.07. The standard InChI is InChI=1S/C19H13F3N6O/c20-19(21,22)12-2-4-16(25-8-12)26-18(29)17-14-6-10(1-3-15(14)27-28-17)11-5-13(23)9-24-7-11/h1-9H,23H2,(H,27,28)(H,25,26,29). The number of nitrogen functional groups attached to an aromatic ring is 1. The van der Waals surface area contributed by atoms with Crippen molar-refractivity contribution in [2.75, 3.05) is 11.1 Å². The van der Waals surface area contributed by atoms with E-state index in [0.29, 0.717) is 22.8 Å². The zero-order valence-electron chi connectivity index (χ0n) is 14.7. The Morgan fingerprint density at radius 2 is 1.86 bits per heavy atom. The topological polar surface area (TPSA) is 110 Å². The number of halogens is 3. The second-order valence-electron chi connectivity index (χ2n) is 6.22. The second-order valence-corrected chi connectivity index (χ2v) is 6.22. The van der Waals surface area contributed by atoms with Gasteiger partial charge in [0.1, 0.15) is 5.82 Å². The normalized spacial score (nSPS) is 11.6. The van der Waals surface area contributed by atoms with Crippen LogP contribution in [0.3, 0.4) is 0 Å². The number of fused-ring (bicyclic) bond motifs is 1. The molecule has 4 N–H and O–H groups in total. The molecule has 1 amide bonds. The zero-order chi connectivity index (χ0) is 20.6. The van der Waals surface area contributed by atoms with Crippen LogP contribution in [0.15, 0.2) is 55.0 Å². The van der Waals surface area contributed by atoms with Gasteiger partial charge in [-0.1, -0.05) is 6.07 Å². The first-order valence-corrected chi connectivity index (χ1v) is 8.35. The first kappa shape index (κ1) is 18.4. The van der Waals surface area contributed by atoms with E-state index >= 15 is 0 Å². The van der Waals surface area contributed by atoms with E-state index < -0.39 is 17.6 Å². The summed E-state index contributed by atoms with van der Waals surface area (Å²) < 4.78 is 37.9. The predicted molar refractivity (Wildman–Crippen MR) is 101 cm³/mol. The molecule has 4 rings (SSSR count). The molecule has 7 nitrogen and oxygen atoms in total. The molecule has 0 fully saturated rings. The van der Waals surface area contributed by atoms with E-state index in [9.17, 15) is 18.0 Å². The molecule has 0 radical (unpaired) electrons. The van der Waals surface area contributed by atoms with Crippen molar-refractivity contribution in [3.63, 3.8) is 0 Å². The van der Waals surface area contributed by atoms with Gasteiger partial charge in [0, 0.05) is 29.5 Å². The van der Waals surface area contributed by atoms with Crippen LogP contribution in [0.5, 0.6) is 0 Å². The van der Waals surface area contributed by atoms with Crippen molar-refractivity contribution < 1.29 is 18.0 Å². The number of nitrogens with two attached hydrogens (primary N) is 1. The van der Waals surface area contributed by atoms with Gasteiger partial charge in [0.25, 0.3) is 5.91 Å². The molecular formula is C19H13F3N6O. The van der Waals surface area contributed by atoms with Crippen molar-refractivity contribution in [1.82, 2.24) is 20.2 Å². The molecule has 1 aromatic carbocycles. The third-order valence-corrected chi connectivity index (χ3v) is 4.20. The maximum absolute atomic E-state index is 12.6. The van der Waals surface area contributed by atoms with Crippen molar-refractivity contribution in [2.24, 2.45) is 0 Å². The van der Waals surface area contributed by atoms with Gasteiger partial charge in [-0.15, -0.1) is 0 Å². The number of nitrogens with zero attached hydrogens (tertiary/aromatic N) is 3. The fourth-order valence-corrected chi connectivity index (χ4v) is 2.79. The Kier molecular flexibility index (Phi) is 4.38. The molecule has 0 saturated carbocycles. The third kappa shape index (κ3) is 3.72. The van der Waals surface area contributed by atoms with Crippen molar-refractivity contribution in [3.8, 4) is 11.1 Å². The van der Waals surface area contributed by atoms with Gasteiger partial charge in [-0.05, 0) is 35.9 Å². The number of hydrogen-bond donors (Lipinski definition) is 3. The Morgan fingerprint density at radius 1 is 1.03 bits per heavy atom. The van der Waals surface area contributed by atoms with Crippen LogP contribution in [0.25, 0.3) is 22.0 Å². The van der Waals surface area contributed by atoms with Crippen LogP contribution in [-0.2, 0) is 6.18 Å². The zero-order valence-corrected chi connectivity index (χ0v) is 14.7. The monoisotopic (exact) mass is 398 g/mol. The van der Waals surface area contributed by atoms with Crippen LogP contribution in [0.4, 0.5) is 24.7 Å². The second kappa shape index (κ2) is 6.89. The van der Waals surface area contributed by atoms with Crippen molar-refractivity contribution in [1.29, 1.82) is 0 Å². The van der Waals surface area contributed by atoms with Gasteiger partial charge < -0.3 is 11.1 Å². The van der Waals surface area contributed by atoms with Crippen molar-refractivity contribution in [3.05, 3.63) is 66.2 Å². The summed E-state index contributed by atoms with van der Waals surface area (Å²) in [7, 11) is 0. The molecular weight excluding hydrogens is 385 g/mol. The number of alkyl halides is 3.